The molecule has 0 aliphatic rings. The maximum Gasteiger partial charge on any atom is 0.142 e. The van der Waals surface area contributed by atoms with Gasteiger partial charge in [0.2, 0.25) is 0 Å². The zero-order valence-electron chi connectivity index (χ0n) is 10.1. The number of fused-ring (bicyclic) bond motifs is 1. The number of nitrogens with zero attached hydrogens (tertiary/aromatic N) is 2. The van der Waals surface area contributed by atoms with Crippen LogP contribution in [-0.4, -0.2) is 17.0 Å². The highest BCUT2D eigenvalue weighted by atomic mass is 32.1. The monoisotopic (exact) mass is 255 g/mol. The number of aromatic nitrogens is 2. The Morgan fingerprint density at radius 1 is 1.17 bits per heavy atom. The molecule has 0 aliphatic carbocycles. The maximum absolute atomic E-state index is 4.48. The number of nitrogens with one attached hydrogen (secondary N) is 1. The highest BCUT2D eigenvalue weighted by molar-refractivity contribution is 7.15. The third kappa shape index (κ3) is 2.00. The first-order valence-corrected chi connectivity index (χ1v) is 6.63. The van der Waals surface area contributed by atoms with Crippen molar-refractivity contribution in [3.05, 3.63) is 47.6 Å². The third-order valence-corrected chi connectivity index (χ3v) is 3.78. The number of benzene rings is 1. The quantitative estimate of drug-likeness (QED) is 0.781. The molecule has 0 spiro atoms. The SMILES string of the molecule is CNCc1cnc(-c2nccc3ccccc23)s1. The second-order valence-corrected chi connectivity index (χ2v) is 5.16. The van der Waals surface area contributed by atoms with E-state index in [9.17, 15) is 0 Å². The minimum atomic E-state index is 0.850. The summed E-state index contributed by atoms with van der Waals surface area (Å²) in [5.74, 6) is 0. The van der Waals surface area contributed by atoms with Gasteiger partial charge in [-0.1, -0.05) is 24.3 Å². The van der Waals surface area contributed by atoms with Gasteiger partial charge in [-0.25, -0.2) is 4.98 Å². The summed E-state index contributed by atoms with van der Waals surface area (Å²) < 4.78 is 0. The lowest BCUT2D eigenvalue weighted by Gasteiger charge is -2.01. The first-order valence-electron chi connectivity index (χ1n) is 5.82. The lowest BCUT2D eigenvalue weighted by Crippen LogP contribution is -2.02. The molecule has 2 aromatic heterocycles. The molecule has 0 amide bonds. The van der Waals surface area contributed by atoms with E-state index < -0.39 is 0 Å². The summed E-state index contributed by atoms with van der Waals surface area (Å²) >= 11 is 1.69. The molecule has 0 aliphatic heterocycles. The normalized spacial score (nSPS) is 10.9. The number of thiazole rings is 1. The summed E-state index contributed by atoms with van der Waals surface area (Å²) in [5, 5.41) is 6.48. The van der Waals surface area contributed by atoms with Crippen molar-refractivity contribution in [2.75, 3.05) is 7.05 Å². The van der Waals surface area contributed by atoms with E-state index in [-0.39, 0.29) is 0 Å². The van der Waals surface area contributed by atoms with Gasteiger partial charge in [0.05, 0.1) is 0 Å². The largest absolute Gasteiger partial charge is 0.315 e. The highest BCUT2D eigenvalue weighted by Gasteiger charge is 2.09. The van der Waals surface area contributed by atoms with Gasteiger partial charge in [-0.15, -0.1) is 11.3 Å². The zero-order chi connectivity index (χ0) is 12.4. The Balaban J connectivity index is 2.12. The van der Waals surface area contributed by atoms with E-state index in [1.807, 2.05) is 37.6 Å². The first kappa shape index (κ1) is 11.3. The van der Waals surface area contributed by atoms with Crippen LogP contribution in [0.15, 0.2) is 42.7 Å². The second-order valence-electron chi connectivity index (χ2n) is 4.04. The van der Waals surface area contributed by atoms with Crippen molar-refractivity contribution in [2.24, 2.45) is 0 Å². The summed E-state index contributed by atoms with van der Waals surface area (Å²) in [6.45, 7) is 0.850. The molecule has 0 atom stereocenters. The fourth-order valence-electron chi connectivity index (χ4n) is 1.96. The Hall–Kier alpha value is -1.78. The lowest BCUT2D eigenvalue weighted by atomic mass is 10.1. The molecular formula is C14H13N3S. The molecule has 3 nitrogen and oxygen atoms in total. The number of hydrogen-bond donors (Lipinski definition) is 1. The van der Waals surface area contributed by atoms with Crippen LogP contribution >= 0.6 is 11.3 Å². The van der Waals surface area contributed by atoms with E-state index in [0.29, 0.717) is 0 Å². The molecule has 0 fully saturated rings. The molecule has 4 heteroatoms. The molecule has 2 heterocycles. The van der Waals surface area contributed by atoms with Crippen molar-refractivity contribution in [1.29, 1.82) is 0 Å². The van der Waals surface area contributed by atoms with Crippen LogP contribution in [-0.2, 0) is 6.54 Å². The van der Waals surface area contributed by atoms with E-state index in [0.717, 1.165) is 22.6 Å². The lowest BCUT2D eigenvalue weighted by molar-refractivity contribution is 0.829. The molecule has 0 saturated carbocycles. The third-order valence-electron chi connectivity index (χ3n) is 2.78. The summed E-state index contributed by atoms with van der Waals surface area (Å²) in [7, 11) is 1.94. The maximum atomic E-state index is 4.48. The Morgan fingerprint density at radius 2 is 2.06 bits per heavy atom. The fraction of sp³-hybridized carbons (Fsp3) is 0.143. The predicted octanol–water partition coefficient (Wildman–Crippen LogP) is 3.08. The predicted molar refractivity (Wildman–Crippen MR) is 75.6 cm³/mol. The van der Waals surface area contributed by atoms with Crippen LogP contribution in [0.3, 0.4) is 0 Å². The molecule has 3 aromatic rings. The minimum Gasteiger partial charge on any atom is -0.315 e. The summed E-state index contributed by atoms with van der Waals surface area (Å²) in [6.07, 6.45) is 3.76. The van der Waals surface area contributed by atoms with Crippen LogP contribution in [0.4, 0.5) is 0 Å². The van der Waals surface area contributed by atoms with Crippen molar-refractivity contribution in [1.82, 2.24) is 15.3 Å². The van der Waals surface area contributed by atoms with E-state index in [4.69, 9.17) is 0 Å². The van der Waals surface area contributed by atoms with Gasteiger partial charge in [0, 0.05) is 29.2 Å². The average molecular weight is 255 g/mol. The van der Waals surface area contributed by atoms with Gasteiger partial charge in [-0.3, -0.25) is 4.98 Å². The number of pyridine rings is 1. The molecule has 3 rings (SSSR count). The van der Waals surface area contributed by atoms with Crippen molar-refractivity contribution in [2.45, 2.75) is 6.54 Å². The number of hydrogen-bond acceptors (Lipinski definition) is 4. The van der Waals surface area contributed by atoms with E-state index >= 15 is 0 Å². The van der Waals surface area contributed by atoms with Crippen LogP contribution in [0.2, 0.25) is 0 Å². The molecule has 0 saturated heterocycles. The topological polar surface area (TPSA) is 37.8 Å². The van der Waals surface area contributed by atoms with Crippen molar-refractivity contribution in [3.8, 4) is 10.7 Å². The molecule has 90 valence electrons. The molecule has 1 aromatic carbocycles. The van der Waals surface area contributed by atoms with Gasteiger partial charge in [-0.05, 0) is 18.5 Å². The van der Waals surface area contributed by atoms with E-state index in [1.165, 1.54) is 10.3 Å². The van der Waals surface area contributed by atoms with Crippen LogP contribution in [0.1, 0.15) is 4.88 Å². The van der Waals surface area contributed by atoms with Crippen LogP contribution in [0.25, 0.3) is 21.5 Å². The van der Waals surface area contributed by atoms with Crippen molar-refractivity contribution >= 4 is 22.1 Å². The van der Waals surface area contributed by atoms with Crippen LogP contribution < -0.4 is 5.32 Å². The fourth-order valence-corrected chi connectivity index (χ4v) is 2.90. The Labute approximate surface area is 110 Å². The highest BCUT2D eigenvalue weighted by Crippen LogP contribution is 2.29. The molecule has 0 radical (unpaired) electrons. The average Bonchev–Trinajstić information content (AvgIpc) is 2.87. The summed E-state index contributed by atoms with van der Waals surface area (Å²) in [5.41, 5.74) is 0.973. The zero-order valence-corrected chi connectivity index (χ0v) is 10.9. The molecule has 1 N–H and O–H groups in total. The van der Waals surface area contributed by atoms with Gasteiger partial charge < -0.3 is 5.32 Å². The van der Waals surface area contributed by atoms with Crippen molar-refractivity contribution < 1.29 is 0 Å². The van der Waals surface area contributed by atoms with Crippen molar-refractivity contribution in [3.63, 3.8) is 0 Å². The van der Waals surface area contributed by atoms with Crippen LogP contribution in [0.5, 0.6) is 0 Å². The summed E-state index contributed by atoms with van der Waals surface area (Å²) in [4.78, 5) is 10.2. The second kappa shape index (κ2) is 4.84. The van der Waals surface area contributed by atoms with E-state index in [1.54, 1.807) is 11.3 Å². The Kier molecular flexibility index (Phi) is 3.04. The van der Waals surface area contributed by atoms with Gasteiger partial charge >= 0.3 is 0 Å². The smallest absolute Gasteiger partial charge is 0.142 e. The summed E-state index contributed by atoms with van der Waals surface area (Å²) in [6, 6.07) is 10.3. The molecular weight excluding hydrogens is 242 g/mol. The van der Waals surface area contributed by atoms with Gasteiger partial charge in [0.15, 0.2) is 0 Å². The Bertz CT molecular complexity index is 670. The van der Waals surface area contributed by atoms with Gasteiger partial charge in [0.25, 0.3) is 0 Å². The first-order chi connectivity index (χ1) is 8.88. The number of rotatable bonds is 3. The van der Waals surface area contributed by atoms with E-state index in [2.05, 4.69) is 27.4 Å². The standard InChI is InChI=1S/C14H13N3S/c1-15-8-11-9-17-14(18-11)13-12-5-3-2-4-10(12)6-7-16-13/h2-7,9,15H,8H2,1H3. The molecule has 0 bridgehead atoms. The van der Waals surface area contributed by atoms with Gasteiger partial charge in [-0.2, -0.15) is 0 Å². The minimum absolute atomic E-state index is 0.850. The van der Waals surface area contributed by atoms with Gasteiger partial charge in [0.1, 0.15) is 10.7 Å². The molecule has 18 heavy (non-hydrogen) atoms. The van der Waals surface area contributed by atoms with Crippen LogP contribution in [0, 0.1) is 0 Å². The Morgan fingerprint density at radius 3 is 2.94 bits per heavy atom. The molecule has 0 unspecified atom stereocenters.